The lowest BCUT2D eigenvalue weighted by molar-refractivity contribution is 0.0690. The molecule has 0 spiro atoms. The van der Waals surface area contributed by atoms with E-state index in [0.29, 0.717) is 13.0 Å². The predicted molar refractivity (Wildman–Crippen MR) is 72.3 cm³/mol. The van der Waals surface area contributed by atoms with Gasteiger partial charge in [-0.1, -0.05) is 6.07 Å². The molecule has 104 valence electrons. The lowest BCUT2D eigenvalue weighted by atomic mass is 10.1. The van der Waals surface area contributed by atoms with Gasteiger partial charge in [0.05, 0.1) is 0 Å². The summed E-state index contributed by atoms with van der Waals surface area (Å²) in [6.45, 7) is 2.38. The molecule has 0 radical (unpaired) electrons. The molecule has 5 nitrogen and oxygen atoms in total. The first-order valence-electron chi connectivity index (χ1n) is 6.11. The van der Waals surface area contributed by atoms with Crippen LogP contribution >= 0.6 is 0 Å². The molecular formula is C14H14FN3O2. The van der Waals surface area contributed by atoms with Crippen molar-refractivity contribution in [2.24, 2.45) is 0 Å². The average molecular weight is 275 g/mol. The van der Waals surface area contributed by atoms with Gasteiger partial charge in [0.1, 0.15) is 5.82 Å². The Kier molecular flexibility index (Phi) is 4.24. The van der Waals surface area contributed by atoms with E-state index in [1.165, 1.54) is 24.4 Å². The number of hydrogen-bond acceptors (Lipinski definition) is 4. The van der Waals surface area contributed by atoms with E-state index in [-0.39, 0.29) is 17.5 Å². The Morgan fingerprint density at radius 1 is 1.40 bits per heavy atom. The maximum absolute atomic E-state index is 13.0. The summed E-state index contributed by atoms with van der Waals surface area (Å²) >= 11 is 0. The van der Waals surface area contributed by atoms with Crippen LogP contribution in [0.3, 0.4) is 0 Å². The molecule has 0 saturated heterocycles. The van der Waals surface area contributed by atoms with Crippen molar-refractivity contribution in [2.45, 2.75) is 13.3 Å². The Bertz CT molecular complexity index is 632. The van der Waals surface area contributed by atoms with Crippen molar-refractivity contribution in [1.82, 2.24) is 9.97 Å². The third-order valence-corrected chi connectivity index (χ3v) is 2.86. The standard InChI is InChI=1S/C14H14FN3O2/c1-9-8-11(15)3-2-10(9)4-6-16-14-17-7-5-12(18-14)13(19)20/h2-3,5,7-8H,4,6H2,1H3,(H,19,20)(H,16,17,18). The van der Waals surface area contributed by atoms with Crippen LogP contribution in [0.5, 0.6) is 0 Å². The number of carbonyl (C=O) groups is 1. The van der Waals surface area contributed by atoms with E-state index in [9.17, 15) is 9.18 Å². The van der Waals surface area contributed by atoms with Crippen LogP contribution in [0, 0.1) is 12.7 Å². The fourth-order valence-corrected chi connectivity index (χ4v) is 1.81. The van der Waals surface area contributed by atoms with Gasteiger partial charge < -0.3 is 10.4 Å². The number of nitrogens with one attached hydrogen (secondary N) is 1. The first kappa shape index (κ1) is 13.9. The second-order valence-corrected chi connectivity index (χ2v) is 4.32. The SMILES string of the molecule is Cc1cc(F)ccc1CCNc1nccc(C(=O)O)n1. The Morgan fingerprint density at radius 3 is 2.90 bits per heavy atom. The Hall–Kier alpha value is -2.50. The van der Waals surface area contributed by atoms with Gasteiger partial charge in [-0.25, -0.2) is 19.2 Å². The number of nitrogens with zero attached hydrogens (tertiary/aromatic N) is 2. The number of carboxylic acid groups (broad SMARTS) is 1. The Balaban J connectivity index is 1.96. The highest BCUT2D eigenvalue weighted by atomic mass is 19.1. The second-order valence-electron chi connectivity index (χ2n) is 4.32. The van der Waals surface area contributed by atoms with E-state index in [4.69, 9.17) is 5.11 Å². The molecule has 0 aliphatic carbocycles. The largest absolute Gasteiger partial charge is 0.477 e. The van der Waals surface area contributed by atoms with E-state index < -0.39 is 5.97 Å². The fraction of sp³-hybridized carbons (Fsp3) is 0.214. The number of hydrogen-bond donors (Lipinski definition) is 2. The first-order chi connectivity index (χ1) is 9.56. The van der Waals surface area contributed by atoms with Gasteiger partial charge in [-0.05, 0) is 42.7 Å². The maximum atomic E-state index is 13.0. The van der Waals surface area contributed by atoms with Gasteiger partial charge in [-0.2, -0.15) is 0 Å². The van der Waals surface area contributed by atoms with Crippen molar-refractivity contribution in [2.75, 3.05) is 11.9 Å². The molecule has 0 unspecified atom stereocenters. The van der Waals surface area contributed by atoms with Gasteiger partial charge in [-0.3, -0.25) is 0 Å². The third-order valence-electron chi connectivity index (χ3n) is 2.86. The number of aromatic nitrogens is 2. The quantitative estimate of drug-likeness (QED) is 0.875. The van der Waals surface area contributed by atoms with E-state index in [2.05, 4.69) is 15.3 Å². The lowest BCUT2D eigenvalue weighted by Gasteiger charge is -2.07. The number of aryl methyl sites for hydroxylation is 1. The van der Waals surface area contributed by atoms with Crippen molar-refractivity contribution in [3.05, 3.63) is 53.1 Å². The summed E-state index contributed by atoms with van der Waals surface area (Å²) in [5.41, 5.74) is 1.85. The number of rotatable bonds is 5. The molecule has 20 heavy (non-hydrogen) atoms. The van der Waals surface area contributed by atoms with Crippen LogP contribution in [0.25, 0.3) is 0 Å². The zero-order valence-corrected chi connectivity index (χ0v) is 10.9. The molecule has 0 bridgehead atoms. The maximum Gasteiger partial charge on any atom is 0.354 e. The van der Waals surface area contributed by atoms with Crippen LogP contribution in [0.4, 0.5) is 10.3 Å². The van der Waals surface area contributed by atoms with Gasteiger partial charge >= 0.3 is 5.97 Å². The Labute approximate surface area is 115 Å². The van der Waals surface area contributed by atoms with Crippen molar-refractivity contribution in [1.29, 1.82) is 0 Å². The summed E-state index contributed by atoms with van der Waals surface area (Å²) in [5, 5.41) is 11.8. The zero-order chi connectivity index (χ0) is 14.5. The van der Waals surface area contributed by atoms with Crippen LogP contribution in [0.15, 0.2) is 30.5 Å². The summed E-state index contributed by atoms with van der Waals surface area (Å²) in [6.07, 6.45) is 2.06. The monoisotopic (exact) mass is 275 g/mol. The summed E-state index contributed by atoms with van der Waals surface area (Å²) in [6, 6.07) is 5.97. The highest BCUT2D eigenvalue weighted by Gasteiger charge is 2.06. The fourth-order valence-electron chi connectivity index (χ4n) is 1.81. The summed E-state index contributed by atoms with van der Waals surface area (Å²) in [4.78, 5) is 18.6. The second kappa shape index (κ2) is 6.10. The molecule has 0 aliphatic rings. The summed E-state index contributed by atoms with van der Waals surface area (Å²) in [5.74, 6) is -1.08. The highest BCUT2D eigenvalue weighted by molar-refractivity contribution is 5.85. The van der Waals surface area contributed by atoms with Gasteiger partial charge in [0.25, 0.3) is 0 Å². The number of aromatic carboxylic acids is 1. The molecule has 0 atom stereocenters. The minimum absolute atomic E-state index is 0.0551. The predicted octanol–water partition coefficient (Wildman–Crippen LogP) is 2.28. The van der Waals surface area contributed by atoms with Crippen LogP contribution in [-0.4, -0.2) is 27.6 Å². The van der Waals surface area contributed by atoms with E-state index in [1.807, 2.05) is 6.92 Å². The normalized spacial score (nSPS) is 10.3. The first-order valence-corrected chi connectivity index (χ1v) is 6.11. The molecular weight excluding hydrogens is 261 g/mol. The Morgan fingerprint density at radius 2 is 2.20 bits per heavy atom. The van der Waals surface area contributed by atoms with Crippen molar-refractivity contribution in [3.63, 3.8) is 0 Å². The molecule has 0 amide bonds. The topological polar surface area (TPSA) is 75.1 Å². The average Bonchev–Trinajstić information content (AvgIpc) is 2.41. The van der Waals surface area contributed by atoms with E-state index >= 15 is 0 Å². The van der Waals surface area contributed by atoms with Gasteiger partial charge in [0, 0.05) is 12.7 Å². The van der Waals surface area contributed by atoms with Gasteiger partial charge in [0.15, 0.2) is 5.69 Å². The molecule has 1 aromatic carbocycles. The molecule has 1 aromatic heterocycles. The number of anilines is 1. The van der Waals surface area contributed by atoms with Crippen LogP contribution in [-0.2, 0) is 6.42 Å². The van der Waals surface area contributed by atoms with Crippen molar-refractivity contribution >= 4 is 11.9 Å². The molecule has 1 heterocycles. The number of halogens is 1. The highest BCUT2D eigenvalue weighted by Crippen LogP contribution is 2.11. The van der Waals surface area contributed by atoms with E-state index in [1.54, 1.807) is 6.07 Å². The smallest absolute Gasteiger partial charge is 0.354 e. The third kappa shape index (κ3) is 3.50. The molecule has 2 N–H and O–H groups in total. The molecule has 2 rings (SSSR count). The lowest BCUT2D eigenvalue weighted by Crippen LogP contribution is -2.11. The van der Waals surface area contributed by atoms with Crippen LogP contribution < -0.4 is 5.32 Å². The number of carboxylic acids is 1. The van der Waals surface area contributed by atoms with Crippen molar-refractivity contribution in [3.8, 4) is 0 Å². The van der Waals surface area contributed by atoms with Gasteiger partial charge in [-0.15, -0.1) is 0 Å². The van der Waals surface area contributed by atoms with Crippen LogP contribution in [0.2, 0.25) is 0 Å². The molecule has 2 aromatic rings. The molecule has 0 aliphatic heterocycles. The summed E-state index contributed by atoms with van der Waals surface area (Å²) in [7, 11) is 0. The molecule has 0 fully saturated rings. The summed E-state index contributed by atoms with van der Waals surface area (Å²) < 4.78 is 13.0. The van der Waals surface area contributed by atoms with E-state index in [0.717, 1.165) is 11.1 Å². The minimum Gasteiger partial charge on any atom is -0.477 e. The van der Waals surface area contributed by atoms with Gasteiger partial charge in [0.2, 0.25) is 5.95 Å². The number of benzene rings is 1. The zero-order valence-electron chi connectivity index (χ0n) is 10.9. The minimum atomic E-state index is -1.09. The van der Waals surface area contributed by atoms with Crippen LogP contribution in [0.1, 0.15) is 21.6 Å². The molecule has 0 saturated carbocycles. The molecule has 6 heteroatoms. The van der Waals surface area contributed by atoms with Crippen molar-refractivity contribution < 1.29 is 14.3 Å².